The molecule has 1 aliphatic carbocycles. The van der Waals surface area contributed by atoms with Gasteiger partial charge in [0.2, 0.25) is 0 Å². The minimum absolute atomic E-state index is 0.840. The average Bonchev–Trinajstić information content (AvgIpc) is 1.94. The van der Waals surface area contributed by atoms with Crippen molar-refractivity contribution in [2.45, 2.75) is 33.6 Å². The fourth-order valence-corrected chi connectivity index (χ4v) is 1.54. The fourth-order valence-electron chi connectivity index (χ4n) is 1.54. The molecule has 11 heavy (non-hydrogen) atoms. The van der Waals surface area contributed by atoms with E-state index >= 15 is 0 Å². The SMILES string of the molecule is C=C(C)C1=CCC(C)C(C)C1. The van der Waals surface area contributed by atoms with Crippen molar-refractivity contribution in [3.8, 4) is 0 Å². The van der Waals surface area contributed by atoms with Crippen LogP contribution in [0.15, 0.2) is 23.8 Å². The van der Waals surface area contributed by atoms with Gasteiger partial charge in [0.15, 0.2) is 0 Å². The Kier molecular flexibility index (Phi) is 2.53. The summed E-state index contributed by atoms with van der Waals surface area (Å²) in [6, 6.07) is 0. The van der Waals surface area contributed by atoms with E-state index in [1.54, 1.807) is 0 Å². The summed E-state index contributed by atoms with van der Waals surface area (Å²) < 4.78 is 0. The van der Waals surface area contributed by atoms with Gasteiger partial charge in [-0.15, -0.1) is 0 Å². The lowest BCUT2D eigenvalue weighted by Crippen LogP contribution is -2.13. The molecule has 0 spiro atoms. The van der Waals surface area contributed by atoms with Gasteiger partial charge in [0.1, 0.15) is 0 Å². The van der Waals surface area contributed by atoms with E-state index in [9.17, 15) is 0 Å². The van der Waals surface area contributed by atoms with Crippen molar-refractivity contribution < 1.29 is 0 Å². The lowest BCUT2D eigenvalue weighted by molar-refractivity contribution is 0.371. The third kappa shape index (κ3) is 1.95. The van der Waals surface area contributed by atoms with Crippen LogP contribution in [0.5, 0.6) is 0 Å². The van der Waals surface area contributed by atoms with E-state index in [0.717, 1.165) is 11.8 Å². The average molecular weight is 150 g/mol. The molecule has 0 radical (unpaired) electrons. The molecule has 0 aromatic carbocycles. The quantitative estimate of drug-likeness (QED) is 0.536. The monoisotopic (exact) mass is 150 g/mol. The summed E-state index contributed by atoms with van der Waals surface area (Å²) in [6.07, 6.45) is 4.83. The Morgan fingerprint density at radius 2 is 2.09 bits per heavy atom. The van der Waals surface area contributed by atoms with Gasteiger partial charge < -0.3 is 0 Å². The van der Waals surface area contributed by atoms with Gasteiger partial charge in [-0.2, -0.15) is 0 Å². The van der Waals surface area contributed by atoms with Crippen LogP contribution in [0.4, 0.5) is 0 Å². The van der Waals surface area contributed by atoms with E-state index < -0.39 is 0 Å². The Bertz CT molecular complexity index is 186. The first kappa shape index (κ1) is 8.58. The van der Waals surface area contributed by atoms with Crippen molar-refractivity contribution in [3.05, 3.63) is 23.8 Å². The van der Waals surface area contributed by atoms with Gasteiger partial charge in [0.25, 0.3) is 0 Å². The maximum Gasteiger partial charge on any atom is -0.0251 e. The molecule has 1 aliphatic rings. The summed E-state index contributed by atoms with van der Waals surface area (Å²) in [5, 5.41) is 0. The predicted octanol–water partition coefficient (Wildman–Crippen LogP) is 3.55. The van der Waals surface area contributed by atoms with E-state index in [0.29, 0.717) is 0 Å². The first-order chi connectivity index (χ1) is 5.11. The molecule has 0 aromatic heterocycles. The zero-order valence-corrected chi connectivity index (χ0v) is 7.85. The number of rotatable bonds is 1. The predicted molar refractivity (Wildman–Crippen MR) is 50.5 cm³/mol. The summed E-state index contributed by atoms with van der Waals surface area (Å²) in [7, 11) is 0. The lowest BCUT2D eigenvalue weighted by Gasteiger charge is -2.25. The molecular weight excluding hydrogens is 132 g/mol. The minimum atomic E-state index is 0.840. The molecule has 0 saturated carbocycles. The number of allylic oxidation sites excluding steroid dienone is 3. The molecule has 0 bridgehead atoms. The second-order valence-electron chi connectivity index (χ2n) is 3.90. The summed E-state index contributed by atoms with van der Waals surface area (Å²) in [5.41, 5.74) is 2.74. The molecule has 0 aliphatic heterocycles. The molecule has 0 aromatic rings. The fraction of sp³-hybridized carbons (Fsp3) is 0.636. The van der Waals surface area contributed by atoms with E-state index in [1.807, 2.05) is 0 Å². The summed E-state index contributed by atoms with van der Waals surface area (Å²) in [4.78, 5) is 0. The Morgan fingerprint density at radius 3 is 2.55 bits per heavy atom. The first-order valence-corrected chi connectivity index (χ1v) is 4.46. The highest BCUT2D eigenvalue weighted by Gasteiger charge is 2.17. The largest absolute Gasteiger partial charge is 0.0958 e. The molecule has 1 rings (SSSR count). The highest BCUT2D eigenvalue weighted by molar-refractivity contribution is 5.28. The van der Waals surface area contributed by atoms with Crippen molar-refractivity contribution in [2.24, 2.45) is 11.8 Å². The third-order valence-corrected chi connectivity index (χ3v) is 2.80. The van der Waals surface area contributed by atoms with Crippen LogP contribution in [-0.4, -0.2) is 0 Å². The molecular formula is C11H18. The smallest absolute Gasteiger partial charge is 0.0251 e. The second-order valence-corrected chi connectivity index (χ2v) is 3.90. The zero-order valence-electron chi connectivity index (χ0n) is 7.85. The Hall–Kier alpha value is -0.520. The molecule has 0 fully saturated rings. The topological polar surface area (TPSA) is 0 Å². The van der Waals surface area contributed by atoms with Gasteiger partial charge in [0, 0.05) is 0 Å². The molecule has 0 heteroatoms. The summed E-state index contributed by atoms with van der Waals surface area (Å²) >= 11 is 0. The Balaban J connectivity index is 2.66. The molecule has 0 saturated heterocycles. The molecule has 2 atom stereocenters. The Morgan fingerprint density at radius 1 is 1.45 bits per heavy atom. The van der Waals surface area contributed by atoms with Gasteiger partial charge in [-0.05, 0) is 37.2 Å². The van der Waals surface area contributed by atoms with Crippen LogP contribution in [0.2, 0.25) is 0 Å². The van der Waals surface area contributed by atoms with Crippen molar-refractivity contribution >= 4 is 0 Å². The maximum atomic E-state index is 3.97. The van der Waals surface area contributed by atoms with Crippen molar-refractivity contribution in [2.75, 3.05) is 0 Å². The van der Waals surface area contributed by atoms with Crippen LogP contribution in [0.25, 0.3) is 0 Å². The van der Waals surface area contributed by atoms with Gasteiger partial charge in [-0.25, -0.2) is 0 Å². The van der Waals surface area contributed by atoms with E-state index in [2.05, 4.69) is 33.4 Å². The van der Waals surface area contributed by atoms with Gasteiger partial charge in [-0.3, -0.25) is 0 Å². The van der Waals surface area contributed by atoms with Crippen LogP contribution in [0, 0.1) is 11.8 Å². The van der Waals surface area contributed by atoms with Crippen molar-refractivity contribution in [1.82, 2.24) is 0 Å². The van der Waals surface area contributed by atoms with E-state index in [4.69, 9.17) is 0 Å². The maximum absolute atomic E-state index is 3.97. The second kappa shape index (κ2) is 3.25. The molecule has 0 nitrogen and oxygen atoms in total. The summed E-state index contributed by atoms with van der Waals surface area (Å²) in [6.45, 7) is 10.7. The standard InChI is InChI=1S/C11H18/c1-8(2)11-6-5-9(3)10(4)7-11/h6,9-10H,1,5,7H2,2-4H3. The van der Waals surface area contributed by atoms with Crippen LogP contribution in [0.1, 0.15) is 33.6 Å². The van der Waals surface area contributed by atoms with Crippen molar-refractivity contribution in [3.63, 3.8) is 0 Å². The molecule has 0 amide bonds. The normalized spacial score (nSPS) is 31.4. The molecule has 0 N–H and O–H groups in total. The first-order valence-electron chi connectivity index (χ1n) is 4.46. The van der Waals surface area contributed by atoms with Gasteiger partial charge in [0.05, 0.1) is 0 Å². The third-order valence-electron chi connectivity index (χ3n) is 2.80. The van der Waals surface area contributed by atoms with Crippen LogP contribution in [-0.2, 0) is 0 Å². The van der Waals surface area contributed by atoms with E-state index in [-0.39, 0.29) is 0 Å². The molecule has 0 heterocycles. The van der Waals surface area contributed by atoms with Gasteiger partial charge in [-0.1, -0.05) is 32.1 Å². The number of hydrogen-bond donors (Lipinski definition) is 0. The minimum Gasteiger partial charge on any atom is -0.0958 e. The molecule has 2 unspecified atom stereocenters. The van der Waals surface area contributed by atoms with Crippen LogP contribution >= 0.6 is 0 Å². The van der Waals surface area contributed by atoms with Crippen LogP contribution < -0.4 is 0 Å². The zero-order chi connectivity index (χ0) is 8.43. The number of hydrogen-bond acceptors (Lipinski definition) is 0. The van der Waals surface area contributed by atoms with Gasteiger partial charge >= 0.3 is 0 Å². The Labute approximate surface area is 70.0 Å². The molecule has 62 valence electrons. The lowest BCUT2D eigenvalue weighted by atomic mass is 9.80. The highest BCUT2D eigenvalue weighted by Crippen LogP contribution is 2.31. The van der Waals surface area contributed by atoms with Crippen LogP contribution in [0.3, 0.4) is 0 Å². The van der Waals surface area contributed by atoms with E-state index in [1.165, 1.54) is 24.0 Å². The van der Waals surface area contributed by atoms with Crippen molar-refractivity contribution in [1.29, 1.82) is 0 Å². The summed E-state index contributed by atoms with van der Waals surface area (Å²) in [5.74, 6) is 1.70. The highest BCUT2D eigenvalue weighted by atomic mass is 14.2.